The molecule has 0 unspecified atom stereocenters. The molecule has 2 N–H and O–H groups in total. The van der Waals surface area contributed by atoms with E-state index in [1.165, 1.54) is 0 Å². The number of piperidine rings is 1. The summed E-state index contributed by atoms with van der Waals surface area (Å²) in [7, 11) is 0. The van der Waals surface area contributed by atoms with E-state index in [0.29, 0.717) is 18.7 Å². The van der Waals surface area contributed by atoms with Gasteiger partial charge in [0.2, 0.25) is 0 Å². The first kappa shape index (κ1) is 11.4. The molecule has 1 aromatic rings. The van der Waals surface area contributed by atoms with Gasteiger partial charge in [-0.2, -0.15) is 0 Å². The van der Waals surface area contributed by atoms with Gasteiger partial charge in [-0.1, -0.05) is 0 Å². The van der Waals surface area contributed by atoms with E-state index in [9.17, 15) is 5.11 Å². The first-order valence-corrected chi connectivity index (χ1v) is 4.52. The van der Waals surface area contributed by atoms with E-state index in [-0.39, 0.29) is 12.4 Å². The lowest BCUT2D eigenvalue weighted by Crippen LogP contribution is -2.40. The molecule has 78 valence electrons. The highest BCUT2D eigenvalue weighted by atomic mass is 35.5. The van der Waals surface area contributed by atoms with E-state index >= 15 is 0 Å². The summed E-state index contributed by atoms with van der Waals surface area (Å²) in [6.45, 7) is 1.66. The molecule has 0 aromatic carbocycles. The van der Waals surface area contributed by atoms with Crippen LogP contribution >= 0.6 is 12.4 Å². The smallest absolute Gasteiger partial charge is 0.160 e. The van der Waals surface area contributed by atoms with Crippen LogP contribution in [0.2, 0.25) is 0 Å². The average Bonchev–Trinajstić information content (AvgIpc) is 2.20. The Balaban J connectivity index is 0.000000980. The summed E-state index contributed by atoms with van der Waals surface area (Å²) in [4.78, 5) is 8.17. The summed E-state index contributed by atoms with van der Waals surface area (Å²) in [6.07, 6.45) is 4.72. The highest BCUT2D eigenvalue weighted by Gasteiger charge is 2.33. The van der Waals surface area contributed by atoms with Crippen LogP contribution in [-0.2, 0) is 5.60 Å². The van der Waals surface area contributed by atoms with Crippen LogP contribution in [0.4, 0.5) is 0 Å². The number of hydrogen-bond acceptors (Lipinski definition) is 4. The van der Waals surface area contributed by atoms with Crippen molar-refractivity contribution in [2.24, 2.45) is 0 Å². The molecule has 1 saturated heterocycles. The molecule has 5 heteroatoms. The Morgan fingerprint density at radius 2 is 1.79 bits per heavy atom. The second-order valence-corrected chi connectivity index (χ2v) is 3.35. The highest BCUT2D eigenvalue weighted by molar-refractivity contribution is 5.85. The van der Waals surface area contributed by atoms with Gasteiger partial charge in [0.1, 0.15) is 5.60 Å². The van der Waals surface area contributed by atoms with Crippen LogP contribution in [0.3, 0.4) is 0 Å². The predicted octanol–water partition coefficient (Wildman–Crippen LogP) is 0.469. The standard InChI is InChI=1S/C9H13N3O.ClH/c13-9(2-6-10-7-3-9)8-11-4-1-5-12-8;/h1,4-5,10,13H,2-3,6-7H2;1H. The van der Waals surface area contributed by atoms with E-state index in [4.69, 9.17) is 0 Å². The second-order valence-electron chi connectivity index (χ2n) is 3.35. The highest BCUT2D eigenvalue weighted by Crippen LogP contribution is 2.26. The maximum atomic E-state index is 10.2. The van der Waals surface area contributed by atoms with Gasteiger partial charge < -0.3 is 10.4 Å². The Morgan fingerprint density at radius 3 is 2.36 bits per heavy atom. The molecule has 2 heterocycles. The number of halogens is 1. The van der Waals surface area contributed by atoms with Crippen molar-refractivity contribution in [3.05, 3.63) is 24.3 Å². The van der Waals surface area contributed by atoms with Crippen LogP contribution in [0.25, 0.3) is 0 Å². The van der Waals surface area contributed by atoms with E-state index < -0.39 is 5.60 Å². The van der Waals surface area contributed by atoms with E-state index in [1.54, 1.807) is 18.5 Å². The number of rotatable bonds is 1. The molecule has 1 aromatic heterocycles. The van der Waals surface area contributed by atoms with Crippen molar-refractivity contribution >= 4 is 12.4 Å². The fourth-order valence-electron chi connectivity index (χ4n) is 1.60. The van der Waals surface area contributed by atoms with Crippen LogP contribution in [-0.4, -0.2) is 28.2 Å². The molecule has 0 aliphatic carbocycles. The van der Waals surface area contributed by atoms with Gasteiger partial charge in [-0.3, -0.25) is 0 Å². The van der Waals surface area contributed by atoms with Crippen LogP contribution < -0.4 is 5.32 Å². The Bertz CT molecular complexity index is 275. The lowest BCUT2D eigenvalue weighted by atomic mass is 9.91. The quantitative estimate of drug-likeness (QED) is 0.715. The number of aromatic nitrogens is 2. The fraction of sp³-hybridized carbons (Fsp3) is 0.556. The molecule has 0 bridgehead atoms. The molecular weight excluding hydrogens is 202 g/mol. The van der Waals surface area contributed by atoms with E-state index in [2.05, 4.69) is 15.3 Å². The Kier molecular flexibility index (Phi) is 3.80. The largest absolute Gasteiger partial charge is 0.382 e. The zero-order valence-electron chi connectivity index (χ0n) is 7.81. The van der Waals surface area contributed by atoms with Gasteiger partial charge in [-0.05, 0) is 32.0 Å². The molecule has 2 rings (SSSR count). The number of aliphatic hydroxyl groups is 1. The van der Waals surface area contributed by atoms with Crippen molar-refractivity contribution < 1.29 is 5.11 Å². The summed E-state index contributed by atoms with van der Waals surface area (Å²) in [5.41, 5.74) is -0.813. The first-order chi connectivity index (χ1) is 6.31. The molecule has 0 amide bonds. The van der Waals surface area contributed by atoms with Crippen molar-refractivity contribution in [3.8, 4) is 0 Å². The second kappa shape index (κ2) is 4.68. The van der Waals surface area contributed by atoms with E-state index in [1.807, 2.05) is 0 Å². The topological polar surface area (TPSA) is 58.0 Å². The minimum Gasteiger partial charge on any atom is -0.382 e. The number of hydrogen-bond donors (Lipinski definition) is 2. The zero-order valence-corrected chi connectivity index (χ0v) is 8.63. The van der Waals surface area contributed by atoms with Gasteiger partial charge in [0.25, 0.3) is 0 Å². The van der Waals surface area contributed by atoms with Gasteiger partial charge >= 0.3 is 0 Å². The van der Waals surface area contributed by atoms with Gasteiger partial charge in [0.15, 0.2) is 5.82 Å². The predicted molar refractivity (Wildman–Crippen MR) is 55.3 cm³/mol. The van der Waals surface area contributed by atoms with Crippen LogP contribution in [0.5, 0.6) is 0 Å². The monoisotopic (exact) mass is 215 g/mol. The summed E-state index contributed by atoms with van der Waals surface area (Å²) in [5, 5.41) is 13.4. The first-order valence-electron chi connectivity index (χ1n) is 4.52. The van der Waals surface area contributed by atoms with Gasteiger partial charge in [-0.25, -0.2) is 9.97 Å². The SMILES string of the molecule is Cl.OC1(c2ncccn2)CCNCC1. The molecular formula is C9H14ClN3O. The zero-order chi connectivity index (χ0) is 9.15. The van der Waals surface area contributed by atoms with Crippen molar-refractivity contribution in [2.75, 3.05) is 13.1 Å². The minimum absolute atomic E-state index is 0. The third-order valence-electron chi connectivity index (χ3n) is 2.41. The Hall–Kier alpha value is -0.710. The lowest BCUT2D eigenvalue weighted by molar-refractivity contribution is -0.00252. The van der Waals surface area contributed by atoms with Crippen molar-refractivity contribution in [1.82, 2.24) is 15.3 Å². The third-order valence-corrected chi connectivity index (χ3v) is 2.41. The summed E-state index contributed by atoms with van der Waals surface area (Å²) < 4.78 is 0. The maximum Gasteiger partial charge on any atom is 0.160 e. The molecule has 1 aliphatic heterocycles. The molecule has 0 saturated carbocycles. The normalized spacial score (nSPS) is 19.8. The Labute approximate surface area is 89.2 Å². The van der Waals surface area contributed by atoms with Crippen LogP contribution in [0.15, 0.2) is 18.5 Å². The van der Waals surface area contributed by atoms with Crippen LogP contribution in [0, 0.1) is 0 Å². The molecule has 4 nitrogen and oxygen atoms in total. The van der Waals surface area contributed by atoms with Gasteiger partial charge in [-0.15, -0.1) is 12.4 Å². The number of nitrogens with one attached hydrogen (secondary N) is 1. The Morgan fingerprint density at radius 1 is 1.21 bits per heavy atom. The maximum absolute atomic E-state index is 10.2. The fourth-order valence-corrected chi connectivity index (χ4v) is 1.60. The molecule has 1 aliphatic rings. The van der Waals surface area contributed by atoms with Crippen molar-refractivity contribution in [1.29, 1.82) is 0 Å². The lowest BCUT2D eigenvalue weighted by Gasteiger charge is -2.30. The van der Waals surface area contributed by atoms with Gasteiger partial charge in [0, 0.05) is 12.4 Å². The van der Waals surface area contributed by atoms with Crippen molar-refractivity contribution in [2.45, 2.75) is 18.4 Å². The average molecular weight is 216 g/mol. The molecule has 0 atom stereocenters. The summed E-state index contributed by atoms with van der Waals surface area (Å²) >= 11 is 0. The third kappa shape index (κ3) is 2.20. The number of nitrogens with zero attached hydrogens (tertiary/aromatic N) is 2. The molecule has 14 heavy (non-hydrogen) atoms. The summed E-state index contributed by atoms with van der Waals surface area (Å²) in [5.74, 6) is 0.552. The molecule has 0 radical (unpaired) electrons. The van der Waals surface area contributed by atoms with Crippen molar-refractivity contribution in [3.63, 3.8) is 0 Å². The van der Waals surface area contributed by atoms with Gasteiger partial charge in [0.05, 0.1) is 0 Å². The minimum atomic E-state index is -0.813. The van der Waals surface area contributed by atoms with Crippen LogP contribution in [0.1, 0.15) is 18.7 Å². The summed E-state index contributed by atoms with van der Waals surface area (Å²) in [6, 6.07) is 1.76. The molecule has 1 fully saturated rings. The van der Waals surface area contributed by atoms with E-state index in [0.717, 1.165) is 13.1 Å². The molecule has 0 spiro atoms.